The van der Waals surface area contributed by atoms with Gasteiger partial charge in [-0.3, -0.25) is 0 Å². The van der Waals surface area contributed by atoms with Gasteiger partial charge in [0.15, 0.2) is 5.69 Å². The highest BCUT2D eigenvalue weighted by atomic mass is 79.9. The molecular weight excluding hydrogens is 394 g/mol. The molecule has 0 bridgehead atoms. The molecule has 0 saturated carbocycles. The third kappa shape index (κ3) is 5.04. The Labute approximate surface area is 153 Å². The lowest BCUT2D eigenvalue weighted by Gasteiger charge is -2.21. The van der Waals surface area contributed by atoms with Crippen molar-refractivity contribution in [2.75, 3.05) is 19.0 Å². The summed E-state index contributed by atoms with van der Waals surface area (Å²) in [5.74, 6) is -0.473. The summed E-state index contributed by atoms with van der Waals surface area (Å²) in [6.45, 7) is 2.94. The zero-order valence-electron chi connectivity index (χ0n) is 13.4. The molecule has 0 unspecified atom stereocenters. The van der Waals surface area contributed by atoms with Gasteiger partial charge in [0.2, 0.25) is 0 Å². The number of carbonyl (C=O) groups excluding carboxylic acids is 2. The largest absolute Gasteiger partial charge is 0.464 e. The molecule has 8 heteroatoms. The number of aromatic nitrogens is 1. The molecule has 1 aromatic carbocycles. The Hall–Kier alpha value is -1.93. The average Bonchev–Trinajstić information content (AvgIpc) is 3.04. The highest BCUT2D eigenvalue weighted by Gasteiger charge is 2.17. The van der Waals surface area contributed by atoms with Crippen LogP contribution in [-0.4, -0.2) is 35.5 Å². The number of hydrogen-bond acceptors (Lipinski definition) is 5. The van der Waals surface area contributed by atoms with E-state index in [1.165, 1.54) is 18.4 Å². The van der Waals surface area contributed by atoms with Crippen LogP contribution in [0.4, 0.5) is 10.5 Å². The van der Waals surface area contributed by atoms with Crippen molar-refractivity contribution >= 4 is 45.0 Å². The number of rotatable bonds is 6. The summed E-state index contributed by atoms with van der Waals surface area (Å²) in [5, 5.41) is 5.19. The Kier molecular flexibility index (Phi) is 6.74. The van der Waals surface area contributed by atoms with E-state index in [2.05, 4.69) is 31.0 Å². The fraction of sp³-hybridized carbons (Fsp3) is 0.312. The second-order valence-electron chi connectivity index (χ2n) is 4.98. The number of thiazole rings is 1. The molecular formula is C16H18BrN3O3S. The summed E-state index contributed by atoms with van der Waals surface area (Å²) in [4.78, 5) is 29.8. The first kappa shape index (κ1) is 18.4. The van der Waals surface area contributed by atoms with Crippen molar-refractivity contribution in [2.45, 2.75) is 19.9 Å². The summed E-state index contributed by atoms with van der Waals surface area (Å²) in [7, 11) is 1.32. The van der Waals surface area contributed by atoms with E-state index < -0.39 is 5.97 Å². The van der Waals surface area contributed by atoms with Crippen LogP contribution in [0.25, 0.3) is 0 Å². The molecule has 0 atom stereocenters. The molecule has 1 N–H and O–H groups in total. The highest BCUT2D eigenvalue weighted by molar-refractivity contribution is 9.10. The van der Waals surface area contributed by atoms with Crippen molar-refractivity contribution in [3.8, 4) is 0 Å². The molecule has 0 radical (unpaired) electrons. The third-order valence-electron chi connectivity index (χ3n) is 3.15. The lowest BCUT2D eigenvalue weighted by atomic mass is 10.3. The van der Waals surface area contributed by atoms with Crippen molar-refractivity contribution in [3.05, 3.63) is 44.8 Å². The number of hydrogen-bond donors (Lipinski definition) is 1. The first-order valence-electron chi connectivity index (χ1n) is 7.37. The second kappa shape index (κ2) is 8.79. The molecule has 1 heterocycles. The van der Waals surface area contributed by atoms with E-state index in [9.17, 15) is 9.59 Å². The monoisotopic (exact) mass is 411 g/mol. The lowest BCUT2D eigenvalue weighted by Crippen LogP contribution is -2.35. The average molecular weight is 412 g/mol. The van der Waals surface area contributed by atoms with E-state index in [0.29, 0.717) is 18.1 Å². The Morgan fingerprint density at radius 2 is 2.04 bits per heavy atom. The van der Waals surface area contributed by atoms with Crippen molar-refractivity contribution < 1.29 is 14.3 Å². The minimum atomic E-state index is -0.473. The molecule has 0 saturated heterocycles. The molecule has 128 valence electrons. The highest BCUT2D eigenvalue weighted by Crippen LogP contribution is 2.17. The van der Waals surface area contributed by atoms with Crippen molar-refractivity contribution in [3.63, 3.8) is 0 Å². The van der Waals surface area contributed by atoms with Gasteiger partial charge in [0.05, 0.1) is 13.7 Å². The Morgan fingerprint density at radius 1 is 1.33 bits per heavy atom. The van der Waals surface area contributed by atoms with Crippen LogP contribution in [0.15, 0.2) is 34.1 Å². The van der Waals surface area contributed by atoms with E-state index >= 15 is 0 Å². The normalized spacial score (nSPS) is 10.3. The second-order valence-corrected chi connectivity index (χ2v) is 6.83. The van der Waals surface area contributed by atoms with Crippen molar-refractivity contribution in [1.82, 2.24) is 9.88 Å². The molecule has 2 amide bonds. The molecule has 1 aromatic heterocycles. The Bertz CT molecular complexity index is 703. The summed E-state index contributed by atoms with van der Waals surface area (Å²) in [6, 6.07) is 7.18. The van der Waals surface area contributed by atoms with Crippen LogP contribution in [0.3, 0.4) is 0 Å². The summed E-state index contributed by atoms with van der Waals surface area (Å²) >= 11 is 4.70. The number of nitrogens with one attached hydrogen (secondary N) is 1. The van der Waals surface area contributed by atoms with E-state index in [-0.39, 0.29) is 11.7 Å². The molecule has 0 aliphatic rings. The minimum Gasteiger partial charge on any atom is -0.464 e. The standard InChI is InChI=1S/C16H18BrN3O3S/c1-3-8-20(9-14-19-13(10-24-14)15(21)23-2)16(22)18-12-6-4-11(17)5-7-12/h4-7,10H,3,8-9H2,1-2H3,(H,18,22). The molecule has 2 rings (SSSR count). The fourth-order valence-electron chi connectivity index (χ4n) is 2.00. The molecule has 6 nitrogen and oxygen atoms in total. The SMILES string of the molecule is CCCN(Cc1nc(C(=O)OC)cs1)C(=O)Nc1ccc(Br)cc1. The maximum absolute atomic E-state index is 12.5. The number of ether oxygens (including phenoxy) is 1. The van der Waals surface area contributed by atoms with Crippen molar-refractivity contribution in [1.29, 1.82) is 0 Å². The smallest absolute Gasteiger partial charge is 0.357 e. The molecule has 24 heavy (non-hydrogen) atoms. The van der Waals surface area contributed by atoms with Crippen LogP contribution >= 0.6 is 27.3 Å². The third-order valence-corrected chi connectivity index (χ3v) is 4.51. The number of esters is 1. The Morgan fingerprint density at radius 3 is 2.67 bits per heavy atom. The quantitative estimate of drug-likeness (QED) is 0.724. The first-order chi connectivity index (χ1) is 11.5. The van der Waals surface area contributed by atoms with Gasteiger partial charge in [-0.1, -0.05) is 22.9 Å². The van der Waals surface area contributed by atoms with Gasteiger partial charge in [0, 0.05) is 22.1 Å². The van der Waals surface area contributed by atoms with Crippen LogP contribution < -0.4 is 5.32 Å². The molecule has 0 spiro atoms. The molecule has 0 aliphatic heterocycles. The van der Waals surface area contributed by atoms with Crippen LogP contribution in [0.5, 0.6) is 0 Å². The minimum absolute atomic E-state index is 0.200. The van der Waals surface area contributed by atoms with Crippen molar-refractivity contribution in [2.24, 2.45) is 0 Å². The molecule has 0 fully saturated rings. The number of nitrogens with zero attached hydrogens (tertiary/aromatic N) is 2. The number of benzene rings is 1. The van der Waals surface area contributed by atoms with Gasteiger partial charge in [0.25, 0.3) is 0 Å². The van der Waals surface area contributed by atoms with Crippen LogP contribution in [-0.2, 0) is 11.3 Å². The van der Waals surface area contributed by atoms with E-state index in [4.69, 9.17) is 0 Å². The van der Waals surface area contributed by atoms with E-state index in [1.807, 2.05) is 31.2 Å². The van der Waals surface area contributed by atoms with Gasteiger partial charge in [-0.05, 0) is 30.7 Å². The number of halogens is 1. The predicted octanol–water partition coefficient (Wildman–Crippen LogP) is 4.14. The van der Waals surface area contributed by atoms with Crippen LogP contribution in [0.2, 0.25) is 0 Å². The predicted molar refractivity (Wildman–Crippen MR) is 97.3 cm³/mol. The number of carbonyl (C=O) groups is 2. The summed E-state index contributed by atoms with van der Waals surface area (Å²) in [6.07, 6.45) is 0.822. The number of methoxy groups -OCH3 is 1. The molecule has 2 aromatic rings. The topological polar surface area (TPSA) is 71.5 Å². The maximum Gasteiger partial charge on any atom is 0.357 e. The van der Waals surface area contributed by atoms with Crippen LogP contribution in [0.1, 0.15) is 28.8 Å². The molecule has 0 aliphatic carbocycles. The van der Waals surface area contributed by atoms with Gasteiger partial charge in [-0.25, -0.2) is 14.6 Å². The zero-order chi connectivity index (χ0) is 17.5. The van der Waals surface area contributed by atoms with Gasteiger partial charge in [-0.2, -0.15) is 0 Å². The van der Waals surface area contributed by atoms with E-state index in [1.54, 1.807) is 10.3 Å². The summed E-state index contributed by atoms with van der Waals surface area (Å²) in [5.41, 5.74) is 0.987. The lowest BCUT2D eigenvalue weighted by molar-refractivity contribution is 0.0594. The number of anilines is 1. The number of amides is 2. The van der Waals surface area contributed by atoms with Gasteiger partial charge in [-0.15, -0.1) is 11.3 Å². The Balaban J connectivity index is 2.04. The first-order valence-corrected chi connectivity index (χ1v) is 9.05. The zero-order valence-corrected chi connectivity index (χ0v) is 15.8. The van der Waals surface area contributed by atoms with Gasteiger partial charge >= 0.3 is 12.0 Å². The van der Waals surface area contributed by atoms with E-state index in [0.717, 1.165) is 16.6 Å². The maximum atomic E-state index is 12.5. The van der Waals surface area contributed by atoms with Gasteiger partial charge in [0.1, 0.15) is 5.01 Å². The number of urea groups is 1. The fourth-order valence-corrected chi connectivity index (χ4v) is 3.05. The van der Waals surface area contributed by atoms with Crippen LogP contribution in [0, 0.1) is 0 Å². The summed E-state index contributed by atoms with van der Waals surface area (Å²) < 4.78 is 5.59. The van der Waals surface area contributed by atoms with Gasteiger partial charge < -0.3 is 15.0 Å².